The van der Waals surface area contributed by atoms with Gasteiger partial charge in [-0.05, 0) is 36.3 Å². The molecule has 2 rings (SSSR count). The highest BCUT2D eigenvalue weighted by Gasteiger charge is 2.38. The molecule has 0 atom stereocenters. The molecule has 1 aliphatic heterocycles. The van der Waals surface area contributed by atoms with Crippen molar-refractivity contribution in [2.24, 2.45) is 11.1 Å². The Morgan fingerprint density at radius 2 is 2.14 bits per heavy atom. The van der Waals surface area contributed by atoms with Gasteiger partial charge < -0.3 is 15.8 Å². The third kappa shape index (κ3) is 4.88. The molecule has 124 valence electrons. The van der Waals surface area contributed by atoms with Gasteiger partial charge in [0.15, 0.2) is 0 Å². The van der Waals surface area contributed by atoms with E-state index in [4.69, 9.17) is 10.5 Å². The molecule has 0 aliphatic carbocycles. The number of nitrogens with two attached hydrogens (primary N) is 1. The summed E-state index contributed by atoms with van der Waals surface area (Å²) in [4.78, 5) is 12.6. The summed E-state index contributed by atoms with van der Waals surface area (Å²) in [6, 6.07) is 8.05. The molecular weight excluding hydrogens is 320 g/mol. The van der Waals surface area contributed by atoms with Crippen LogP contribution in [-0.2, 0) is 15.3 Å². The van der Waals surface area contributed by atoms with Crippen molar-refractivity contribution in [1.29, 1.82) is 0 Å². The van der Waals surface area contributed by atoms with Crippen molar-refractivity contribution in [2.45, 2.75) is 25.5 Å². The second-order valence-electron chi connectivity index (χ2n) is 5.39. The van der Waals surface area contributed by atoms with E-state index < -0.39 is 5.41 Å². The number of carbonyl (C=O) groups excluding carboxylic acids is 1. The highest BCUT2D eigenvalue weighted by Crippen LogP contribution is 2.31. The van der Waals surface area contributed by atoms with Gasteiger partial charge in [-0.3, -0.25) is 4.79 Å². The first-order valence-corrected chi connectivity index (χ1v) is 8.61. The van der Waals surface area contributed by atoms with Crippen LogP contribution in [-0.4, -0.2) is 31.4 Å². The zero-order valence-corrected chi connectivity index (χ0v) is 14.6. The van der Waals surface area contributed by atoms with Crippen molar-refractivity contribution < 1.29 is 9.53 Å². The van der Waals surface area contributed by atoms with Crippen LogP contribution in [0.3, 0.4) is 0 Å². The molecular formula is C16H25ClN2O2S. The first-order valence-electron chi connectivity index (χ1n) is 7.46. The van der Waals surface area contributed by atoms with E-state index >= 15 is 0 Å². The van der Waals surface area contributed by atoms with E-state index in [1.54, 1.807) is 0 Å². The Morgan fingerprint density at radius 1 is 1.41 bits per heavy atom. The molecule has 6 heteroatoms. The molecule has 22 heavy (non-hydrogen) atoms. The van der Waals surface area contributed by atoms with Crippen LogP contribution in [0, 0.1) is 5.41 Å². The molecule has 4 nitrogen and oxygen atoms in total. The van der Waals surface area contributed by atoms with Crippen molar-refractivity contribution in [3.8, 4) is 0 Å². The molecule has 1 saturated heterocycles. The lowest BCUT2D eigenvalue weighted by molar-refractivity contribution is -0.130. The summed E-state index contributed by atoms with van der Waals surface area (Å²) in [5.41, 5.74) is 7.47. The van der Waals surface area contributed by atoms with Crippen molar-refractivity contribution in [2.75, 3.05) is 30.8 Å². The summed E-state index contributed by atoms with van der Waals surface area (Å²) < 4.78 is 5.35. The largest absolute Gasteiger partial charge is 0.381 e. The molecule has 1 aromatic carbocycles. The molecule has 1 fully saturated rings. The highest BCUT2D eigenvalue weighted by atomic mass is 35.5. The zero-order valence-electron chi connectivity index (χ0n) is 13.0. The highest BCUT2D eigenvalue weighted by molar-refractivity contribution is 7.98. The molecule has 1 aromatic rings. The molecule has 1 amide bonds. The number of rotatable bonds is 6. The first-order chi connectivity index (χ1) is 10.2. The number of benzene rings is 1. The average molecular weight is 345 g/mol. The minimum atomic E-state index is -0.480. The number of halogens is 1. The zero-order chi connectivity index (χ0) is 15.1. The maximum Gasteiger partial charge on any atom is 0.232 e. The molecule has 1 heterocycles. The van der Waals surface area contributed by atoms with Gasteiger partial charge in [-0.2, -0.15) is 11.8 Å². The molecule has 0 saturated carbocycles. The van der Waals surface area contributed by atoms with Crippen LogP contribution in [0.15, 0.2) is 24.3 Å². The second-order valence-corrected chi connectivity index (χ2v) is 6.66. The van der Waals surface area contributed by atoms with Crippen LogP contribution in [0.2, 0.25) is 0 Å². The van der Waals surface area contributed by atoms with Gasteiger partial charge in [-0.1, -0.05) is 19.1 Å². The van der Waals surface area contributed by atoms with Gasteiger partial charge in [-0.25, -0.2) is 0 Å². The fourth-order valence-corrected chi connectivity index (χ4v) is 3.13. The first kappa shape index (κ1) is 19.3. The molecule has 0 unspecified atom stereocenters. The van der Waals surface area contributed by atoms with Crippen LogP contribution >= 0.6 is 24.2 Å². The Bertz CT molecular complexity index is 479. The van der Waals surface area contributed by atoms with Gasteiger partial charge in [0.25, 0.3) is 0 Å². The van der Waals surface area contributed by atoms with Gasteiger partial charge in [0.05, 0.1) is 5.41 Å². The maximum atomic E-state index is 12.6. The monoisotopic (exact) mass is 344 g/mol. The summed E-state index contributed by atoms with van der Waals surface area (Å²) >= 11 is 1.87. The summed E-state index contributed by atoms with van der Waals surface area (Å²) in [6.07, 6.45) is 1.39. The lowest BCUT2D eigenvalue weighted by Crippen LogP contribution is -2.46. The van der Waals surface area contributed by atoms with Gasteiger partial charge in [0, 0.05) is 31.2 Å². The van der Waals surface area contributed by atoms with Crippen molar-refractivity contribution in [1.82, 2.24) is 0 Å². The number of carbonyl (C=O) groups is 1. The Morgan fingerprint density at radius 3 is 2.77 bits per heavy atom. The molecule has 0 aromatic heterocycles. The Kier molecular flexibility index (Phi) is 8.25. The second kappa shape index (κ2) is 9.40. The number of anilines is 1. The van der Waals surface area contributed by atoms with E-state index in [9.17, 15) is 4.79 Å². The smallest absolute Gasteiger partial charge is 0.232 e. The quantitative estimate of drug-likeness (QED) is 0.832. The standard InChI is InChI=1S/C16H24N2O2S.ClH/c1-2-21-11-13-4-3-5-14(10-13)18-15(19)16(12-17)6-8-20-9-7-16;/h3-5,10H,2,6-9,11-12,17H2,1H3,(H,18,19);1H. The van der Waals surface area contributed by atoms with E-state index in [1.807, 2.05) is 30.0 Å². The predicted octanol–water partition coefficient (Wildman–Crippen LogP) is 3.06. The molecule has 0 radical (unpaired) electrons. The topological polar surface area (TPSA) is 64.4 Å². The fraction of sp³-hybridized carbons (Fsp3) is 0.562. The number of hydrogen-bond donors (Lipinski definition) is 2. The van der Waals surface area contributed by atoms with Gasteiger partial charge in [0.2, 0.25) is 5.91 Å². The molecule has 0 bridgehead atoms. The molecule has 1 aliphatic rings. The molecule has 3 N–H and O–H groups in total. The minimum Gasteiger partial charge on any atom is -0.381 e. The van der Waals surface area contributed by atoms with Crippen LogP contribution in [0.25, 0.3) is 0 Å². The van der Waals surface area contributed by atoms with Crippen LogP contribution < -0.4 is 11.1 Å². The summed E-state index contributed by atoms with van der Waals surface area (Å²) in [5.74, 6) is 2.08. The van der Waals surface area contributed by atoms with E-state index in [1.165, 1.54) is 5.56 Å². The maximum absolute atomic E-state index is 12.6. The lowest BCUT2D eigenvalue weighted by Gasteiger charge is -2.34. The van der Waals surface area contributed by atoms with Crippen LogP contribution in [0.4, 0.5) is 5.69 Å². The predicted molar refractivity (Wildman–Crippen MR) is 95.7 cm³/mol. The van der Waals surface area contributed by atoms with Crippen LogP contribution in [0.1, 0.15) is 25.3 Å². The Hall–Kier alpha value is -0.750. The summed E-state index contributed by atoms with van der Waals surface area (Å²) in [7, 11) is 0. The van der Waals surface area contributed by atoms with Crippen LogP contribution in [0.5, 0.6) is 0 Å². The molecule has 0 spiro atoms. The lowest BCUT2D eigenvalue weighted by atomic mass is 9.79. The minimum absolute atomic E-state index is 0. The van der Waals surface area contributed by atoms with E-state index in [-0.39, 0.29) is 18.3 Å². The van der Waals surface area contributed by atoms with Crippen molar-refractivity contribution in [3.63, 3.8) is 0 Å². The number of nitrogens with one attached hydrogen (secondary N) is 1. The van der Waals surface area contributed by atoms with E-state index in [0.29, 0.717) is 32.6 Å². The van der Waals surface area contributed by atoms with Gasteiger partial charge in [-0.15, -0.1) is 12.4 Å². The number of ether oxygens (including phenoxy) is 1. The number of thioether (sulfide) groups is 1. The number of amides is 1. The van der Waals surface area contributed by atoms with Crippen molar-refractivity contribution in [3.05, 3.63) is 29.8 Å². The van der Waals surface area contributed by atoms with E-state index in [2.05, 4.69) is 18.3 Å². The van der Waals surface area contributed by atoms with Gasteiger partial charge in [0.1, 0.15) is 0 Å². The van der Waals surface area contributed by atoms with E-state index in [0.717, 1.165) is 17.2 Å². The third-order valence-corrected chi connectivity index (χ3v) is 4.93. The van der Waals surface area contributed by atoms with Crippen molar-refractivity contribution >= 4 is 35.8 Å². The fourth-order valence-electron chi connectivity index (χ4n) is 2.51. The van der Waals surface area contributed by atoms with Gasteiger partial charge >= 0.3 is 0 Å². The normalized spacial score (nSPS) is 16.6. The Labute approximate surface area is 143 Å². The Balaban J connectivity index is 0.00000242. The number of hydrogen-bond acceptors (Lipinski definition) is 4. The SMILES string of the molecule is CCSCc1cccc(NC(=O)C2(CN)CCOCC2)c1.Cl. The summed E-state index contributed by atoms with van der Waals surface area (Å²) in [6.45, 7) is 3.73. The average Bonchev–Trinajstić information content (AvgIpc) is 2.54. The third-order valence-electron chi connectivity index (χ3n) is 3.98. The summed E-state index contributed by atoms with van der Waals surface area (Å²) in [5, 5.41) is 3.04.